The van der Waals surface area contributed by atoms with Crippen LogP contribution in [0.25, 0.3) is 0 Å². The molecule has 1 heterocycles. The van der Waals surface area contributed by atoms with Crippen LogP contribution in [-0.4, -0.2) is 40.4 Å². The molecule has 3 aliphatic carbocycles. The van der Waals surface area contributed by atoms with E-state index < -0.39 is 21.9 Å². The van der Waals surface area contributed by atoms with Crippen LogP contribution in [0.3, 0.4) is 0 Å². The van der Waals surface area contributed by atoms with Crippen molar-refractivity contribution in [3.05, 3.63) is 47.4 Å². The number of aromatic nitrogens is 2. The standard InChI is InChI=1S/C26H31N3O5S/c1-15(30)23-13-28-25(14-27-23)29-26(32)22(11-16-2-6-19(31)10-16)18-5-9-24(21(12-18)17-3-4-17)35(33,34)20-7-8-20/h5,9,12-17,20,22,30H,2-4,6-8,10-11H2,1H3,(H,28,29,32)/t15?,16-,22+/m0/s1. The maximum atomic E-state index is 13.5. The number of ketones is 1. The second-order valence-corrected chi connectivity index (χ2v) is 12.4. The van der Waals surface area contributed by atoms with E-state index in [9.17, 15) is 23.1 Å². The number of nitrogens with one attached hydrogen (secondary N) is 1. The lowest BCUT2D eigenvalue weighted by molar-refractivity contribution is -0.119. The van der Waals surface area contributed by atoms with Gasteiger partial charge in [0.05, 0.1) is 40.3 Å². The van der Waals surface area contributed by atoms with E-state index >= 15 is 0 Å². The second-order valence-electron chi connectivity index (χ2n) is 10.2. The summed E-state index contributed by atoms with van der Waals surface area (Å²) in [5.74, 6) is 0.0261. The van der Waals surface area contributed by atoms with Gasteiger partial charge in [-0.25, -0.2) is 13.4 Å². The van der Waals surface area contributed by atoms with E-state index in [1.165, 1.54) is 12.4 Å². The van der Waals surface area contributed by atoms with E-state index in [0.717, 1.165) is 30.4 Å². The van der Waals surface area contributed by atoms with E-state index in [2.05, 4.69) is 15.3 Å². The zero-order valence-electron chi connectivity index (χ0n) is 19.8. The molecule has 0 aliphatic heterocycles. The van der Waals surface area contributed by atoms with Gasteiger partial charge in [-0.2, -0.15) is 0 Å². The zero-order chi connectivity index (χ0) is 24.7. The van der Waals surface area contributed by atoms with Crippen LogP contribution in [0.2, 0.25) is 0 Å². The highest BCUT2D eigenvalue weighted by molar-refractivity contribution is 7.92. The van der Waals surface area contributed by atoms with Gasteiger partial charge in [-0.05, 0) is 74.5 Å². The van der Waals surface area contributed by atoms with E-state index in [-0.39, 0.29) is 34.6 Å². The summed E-state index contributed by atoms with van der Waals surface area (Å²) in [6.45, 7) is 1.59. The monoisotopic (exact) mass is 497 g/mol. The zero-order valence-corrected chi connectivity index (χ0v) is 20.6. The molecule has 8 nitrogen and oxygen atoms in total. The molecule has 3 fully saturated rings. The molecule has 3 aliphatic rings. The van der Waals surface area contributed by atoms with Gasteiger partial charge in [0, 0.05) is 12.8 Å². The van der Waals surface area contributed by atoms with E-state index in [1.807, 2.05) is 6.07 Å². The highest BCUT2D eigenvalue weighted by Crippen LogP contribution is 2.47. The summed E-state index contributed by atoms with van der Waals surface area (Å²) < 4.78 is 26.1. The summed E-state index contributed by atoms with van der Waals surface area (Å²) in [6, 6.07) is 5.37. The van der Waals surface area contributed by atoms with Crippen molar-refractivity contribution in [2.24, 2.45) is 5.92 Å². The largest absolute Gasteiger partial charge is 0.387 e. The van der Waals surface area contributed by atoms with Crippen LogP contribution in [0.4, 0.5) is 5.82 Å². The SMILES string of the molecule is CC(O)c1cnc(NC(=O)[C@H](C[C@H]2CCC(=O)C2)c2ccc(S(=O)(=O)C3CC3)c(C3CC3)c2)cn1. The Labute approximate surface area is 205 Å². The molecule has 5 rings (SSSR count). The minimum absolute atomic E-state index is 0.112. The lowest BCUT2D eigenvalue weighted by Crippen LogP contribution is -2.24. The van der Waals surface area contributed by atoms with Crippen molar-refractivity contribution in [1.29, 1.82) is 0 Å². The summed E-state index contributed by atoms with van der Waals surface area (Å²) in [5.41, 5.74) is 2.01. The predicted octanol–water partition coefficient (Wildman–Crippen LogP) is 3.83. The second kappa shape index (κ2) is 9.43. The third-order valence-corrected chi connectivity index (χ3v) is 9.64. The average Bonchev–Trinajstić information content (AvgIpc) is 3.75. The van der Waals surface area contributed by atoms with Crippen molar-refractivity contribution in [2.45, 2.75) is 86.4 Å². The third kappa shape index (κ3) is 5.30. The number of hydrogen-bond acceptors (Lipinski definition) is 7. The van der Waals surface area contributed by atoms with Crippen molar-refractivity contribution >= 4 is 27.3 Å². The minimum Gasteiger partial charge on any atom is -0.387 e. The molecule has 186 valence electrons. The van der Waals surface area contributed by atoms with Gasteiger partial charge in [0.15, 0.2) is 15.7 Å². The number of anilines is 1. The fraction of sp³-hybridized carbons (Fsp3) is 0.538. The molecule has 9 heteroatoms. The fourth-order valence-electron chi connectivity index (χ4n) is 4.97. The molecular formula is C26H31N3O5S. The Balaban J connectivity index is 1.45. The first-order valence-electron chi connectivity index (χ1n) is 12.4. The molecule has 2 N–H and O–H groups in total. The normalized spacial score (nSPS) is 22.1. The number of hydrogen-bond donors (Lipinski definition) is 2. The Hall–Kier alpha value is -2.65. The Morgan fingerprint density at radius 1 is 1.14 bits per heavy atom. The number of aliphatic hydroxyl groups is 1. The molecule has 3 saturated carbocycles. The van der Waals surface area contributed by atoms with Crippen molar-refractivity contribution in [1.82, 2.24) is 9.97 Å². The molecule has 0 saturated heterocycles. The van der Waals surface area contributed by atoms with Gasteiger partial charge < -0.3 is 10.4 Å². The van der Waals surface area contributed by atoms with Gasteiger partial charge in [-0.3, -0.25) is 14.6 Å². The van der Waals surface area contributed by atoms with Crippen LogP contribution in [-0.2, 0) is 19.4 Å². The summed E-state index contributed by atoms with van der Waals surface area (Å²) in [7, 11) is -3.34. The number of rotatable bonds is 9. The van der Waals surface area contributed by atoms with Crippen LogP contribution in [0.5, 0.6) is 0 Å². The molecular weight excluding hydrogens is 466 g/mol. The minimum atomic E-state index is -3.34. The maximum Gasteiger partial charge on any atom is 0.233 e. The highest BCUT2D eigenvalue weighted by atomic mass is 32.2. The van der Waals surface area contributed by atoms with Gasteiger partial charge in [-0.1, -0.05) is 12.1 Å². The molecule has 3 atom stereocenters. The van der Waals surface area contributed by atoms with Gasteiger partial charge in [0.25, 0.3) is 0 Å². The lowest BCUT2D eigenvalue weighted by Gasteiger charge is -2.22. The number of carbonyl (C=O) groups excluding carboxylic acids is 2. The summed E-state index contributed by atoms with van der Waals surface area (Å²) in [6.07, 6.45) is 7.69. The van der Waals surface area contributed by atoms with E-state index in [0.29, 0.717) is 42.7 Å². The Morgan fingerprint density at radius 3 is 2.49 bits per heavy atom. The molecule has 35 heavy (non-hydrogen) atoms. The van der Waals surface area contributed by atoms with Crippen LogP contribution < -0.4 is 5.32 Å². The lowest BCUT2D eigenvalue weighted by atomic mass is 9.86. The van der Waals surface area contributed by atoms with Gasteiger partial charge in [0.1, 0.15) is 5.78 Å². The number of amides is 1. The molecule has 2 aromatic rings. The highest BCUT2D eigenvalue weighted by Gasteiger charge is 2.41. The van der Waals surface area contributed by atoms with Crippen LogP contribution in [0.15, 0.2) is 35.5 Å². The van der Waals surface area contributed by atoms with Crippen molar-refractivity contribution in [3.8, 4) is 0 Å². The number of benzene rings is 1. The van der Waals surface area contributed by atoms with E-state index in [4.69, 9.17) is 0 Å². The topological polar surface area (TPSA) is 126 Å². The van der Waals surface area contributed by atoms with Crippen molar-refractivity contribution in [3.63, 3.8) is 0 Å². The Kier molecular flexibility index (Phi) is 6.48. The van der Waals surface area contributed by atoms with Crippen molar-refractivity contribution in [2.75, 3.05) is 5.32 Å². The first kappa shape index (κ1) is 24.1. The molecule has 1 aromatic carbocycles. The van der Waals surface area contributed by atoms with Gasteiger partial charge in [-0.15, -0.1) is 0 Å². The smallest absolute Gasteiger partial charge is 0.233 e. The van der Waals surface area contributed by atoms with Gasteiger partial charge >= 0.3 is 0 Å². The first-order chi connectivity index (χ1) is 16.7. The molecule has 1 unspecified atom stereocenters. The number of Topliss-reactive ketones (excluding diaryl/α,β-unsaturated/α-hetero) is 1. The molecule has 0 bridgehead atoms. The quantitative estimate of drug-likeness (QED) is 0.539. The third-order valence-electron chi connectivity index (χ3n) is 7.31. The Bertz CT molecular complexity index is 1230. The number of aliphatic hydroxyl groups excluding tert-OH is 1. The summed E-state index contributed by atoms with van der Waals surface area (Å²) in [4.78, 5) is 34.1. The maximum absolute atomic E-state index is 13.5. The number of nitrogens with zero attached hydrogens (tertiary/aromatic N) is 2. The average molecular weight is 498 g/mol. The summed E-state index contributed by atoms with van der Waals surface area (Å²) >= 11 is 0. The molecule has 1 aromatic heterocycles. The van der Waals surface area contributed by atoms with Crippen LogP contribution in [0.1, 0.15) is 93.1 Å². The molecule has 1 amide bonds. The van der Waals surface area contributed by atoms with Gasteiger partial charge in [0.2, 0.25) is 5.91 Å². The number of carbonyl (C=O) groups is 2. The first-order valence-corrected chi connectivity index (χ1v) is 14.0. The van der Waals surface area contributed by atoms with Crippen molar-refractivity contribution < 1.29 is 23.1 Å². The molecule has 0 spiro atoms. The predicted molar refractivity (Wildman–Crippen MR) is 130 cm³/mol. The van der Waals surface area contributed by atoms with Crippen LogP contribution >= 0.6 is 0 Å². The fourth-order valence-corrected chi connectivity index (χ4v) is 6.89. The Morgan fingerprint density at radius 2 is 1.91 bits per heavy atom. The number of sulfone groups is 1. The summed E-state index contributed by atoms with van der Waals surface area (Å²) in [5, 5.41) is 12.2. The van der Waals surface area contributed by atoms with E-state index in [1.54, 1.807) is 19.1 Å². The molecule has 0 radical (unpaired) electrons. The van der Waals surface area contributed by atoms with Crippen LogP contribution in [0, 0.1) is 5.92 Å².